The number of ether oxygens (including phenoxy) is 1. The maximum Gasteiger partial charge on any atom is 0.234 e. The number of hydrogen-bond acceptors (Lipinski definition) is 4. The fourth-order valence-electron chi connectivity index (χ4n) is 2.15. The topological polar surface area (TPSA) is 67.6 Å². The van der Waals surface area contributed by atoms with Crippen molar-refractivity contribution in [1.29, 1.82) is 0 Å². The second kappa shape index (κ2) is 8.45. The maximum atomic E-state index is 11.3. The molecule has 1 aliphatic carbocycles. The number of nitrogens with two attached hydrogens (primary N) is 1. The molecule has 0 aromatic carbocycles. The summed E-state index contributed by atoms with van der Waals surface area (Å²) in [4.78, 5) is 13.2. The number of carbonyl (C=O) groups excluding carboxylic acids is 1. The van der Waals surface area contributed by atoms with Gasteiger partial charge in [0.25, 0.3) is 0 Å². The summed E-state index contributed by atoms with van der Waals surface area (Å²) >= 11 is 0. The monoisotopic (exact) mass is 257 g/mol. The van der Waals surface area contributed by atoms with Crippen LogP contribution in [0.25, 0.3) is 0 Å². The standard InChI is InChI=1S/C13H27N3O2/c1-16(2)10-13(17)15-8-3-9-18-12-6-4-11(14)5-7-12/h11-12H,3-10,14H2,1-2H3,(H,15,17). The van der Waals surface area contributed by atoms with Crippen LogP contribution in [0.3, 0.4) is 0 Å². The molecule has 1 fully saturated rings. The fourth-order valence-corrected chi connectivity index (χ4v) is 2.15. The zero-order chi connectivity index (χ0) is 13.4. The molecule has 5 heteroatoms. The molecule has 1 aliphatic rings. The number of nitrogens with one attached hydrogen (secondary N) is 1. The first-order valence-electron chi connectivity index (χ1n) is 6.86. The van der Waals surface area contributed by atoms with E-state index in [4.69, 9.17) is 10.5 Å². The summed E-state index contributed by atoms with van der Waals surface area (Å²) < 4.78 is 5.78. The highest BCUT2D eigenvalue weighted by Crippen LogP contribution is 2.19. The molecule has 3 N–H and O–H groups in total. The first-order chi connectivity index (χ1) is 8.58. The molecule has 1 rings (SSSR count). The number of hydrogen-bond donors (Lipinski definition) is 2. The van der Waals surface area contributed by atoms with Crippen molar-refractivity contribution < 1.29 is 9.53 Å². The second-order valence-corrected chi connectivity index (χ2v) is 5.35. The highest BCUT2D eigenvalue weighted by molar-refractivity contribution is 5.77. The molecule has 0 aromatic rings. The Kier molecular flexibility index (Phi) is 7.23. The molecular formula is C13H27N3O2. The summed E-state index contributed by atoms with van der Waals surface area (Å²) in [6.45, 7) is 1.86. The molecule has 0 heterocycles. The highest BCUT2D eigenvalue weighted by atomic mass is 16.5. The Bertz CT molecular complexity index is 238. The average Bonchev–Trinajstić information content (AvgIpc) is 2.30. The number of carbonyl (C=O) groups is 1. The van der Waals surface area contributed by atoms with Gasteiger partial charge in [0.2, 0.25) is 5.91 Å². The predicted molar refractivity (Wildman–Crippen MR) is 72.4 cm³/mol. The van der Waals surface area contributed by atoms with Crippen molar-refractivity contribution in [2.45, 2.75) is 44.2 Å². The molecule has 0 bridgehead atoms. The number of nitrogens with zero attached hydrogens (tertiary/aromatic N) is 1. The summed E-state index contributed by atoms with van der Waals surface area (Å²) in [5.41, 5.74) is 5.84. The number of likely N-dealkylation sites (N-methyl/N-ethyl adjacent to an activating group) is 1. The third-order valence-corrected chi connectivity index (χ3v) is 3.18. The van der Waals surface area contributed by atoms with Crippen LogP contribution in [0.5, 0.6) is 0 Å². The minimum Gasteiger partial charge on any atom is -0.378 e. The van der Waals surface area contributed by atoms with Crippen LogP contribution >= 0.6 is 0 Å². The van der Waals surface area contributed by atoms with Gasteiger partial charge in [-0.05, 0) is 46.2 Å². The van der Waals surface area contributed by atoms with Gasteiger partial charge in [-0.3, -0.25) is 4.79 Å². The molecule has 0 aromatic heterocycles. The molecule has 0 spiro atoms. The molecule has 0 saturated heterocycles. The van der Waals surface area contributed by atoms with Crippen LogP contribution in [0.4, 0.5) is 0 Å². The average molecular weight is 257 g/mol. The van der Waals surface area contributed by atoms with Crippen molar-refractivity contribution in [3.63, 3.8) is 0 Å². The lowest BCUT2D eigenvalue weighted by Crippen LogP contribution is -2.34. The third kappa shape index (κ3) is 6.93. The van der Waals surface area contributed by atoms with Gasteiger partial charge in [-0.15, -0.1) is 0 Å². The fraction of sp³-hybridized carbons (Fsp3) is 0.923. The number of rotatable bonds is 7. The van der Waals surface area contributed by atoms with Crippen LogP contribution in [0.1, 0.15) is 32.1 Å². The molecule has 0 unspecified atom stereocenters. The van der Waals surface area contributed by atoms with Gasteiger partial charge in [0.05, 0.1) is 12.6 Å². The Morgan fingerprint density at radius 2 is 2.00 bits per heavy atom. The predicted octanol–water partition coefficient (Wildman–Crippen LogP) is 0.341. The van der Waals surface area contributed by atoms with E-state index in [0.29, 0.717) is 25.2 Å². The Labute approximate surface area is 110 Å². The third-order valence-electron chi connectivity index (χ3n) is 3.18. The molecule has 0 atom stereocenters. The molecule has 0 radical (unpaired) electrons. The first-order valence-corrected chi connectivity index (χ1v) is 6.86. The van der Waals surface area contributed by atoms with Crippen LogP contribution < -0.4 is 11.1 Å². The van der Waals surface area contributed by atoms with Gasteiger partial charge in [-0.2, -0.15) is 0 Å². The summed E-state index contributed by atoms with van der Waals surface area (Å²) in [7, 11) is 3.77. The van der Waals surface area contributed by atoms with Gasteiger partial charge in [-0.25, -0.2) is 0 Å². The minimum atomic E-state index is 0.0728. The Hall–Kier alpha value is -0.650. The maximum absolute atomic E-state index is 11.3. The molecule has 18 heavy (non-hydrogen) atoms. The summed E-state index contributed by atoms with van der Waals surface area (Å²) in [6, 6.07) is 0.371. The van der Waals surface area contributed by atoms with Gasteiger partial charge in [0.1, 0.15) is 0 Å². The normalized spacial score (nSPS) is 24.2. The molecule has 5 nitrogen and oxygen atoms in total. The Morgan fingerprint density at radius 1 is 1.33 bits per heavy atom. The first kappa shape index (κ1) is 15.4. The van der Waals surface area contributed by atoms with Crippen molar-refractivity contribution >= 4 is 5.91 Å². The lowest BCUT2D eigenvalue weighted by atomic mass is 9.94. The van der Waals surface area contributed by atoms with Gasteiger partial charge in [-0.1, -0.05) is 0 Å². The van der Waals surface area contributed by atoms with Crippen molar-refractivity contribution in [1.82, 2.24) is 10.2 Å². The largest absolute Gasteiger partial charge is 0.378 e. The van der Waals surface area contributed by atoms with Gasteiger partial charge in [0.15, 0.2) is 0 Å². The van der Waals surface area contributed by atoms with Crippen LogP contribution in [-0.4, -0.2) is 56.7 Å². The van der Waals surface area contributed by atoms with Crippen LogP contribution in [0, 0.1) is 0 Å². The van der Waals surface area contributed by atoms with Crippen LogP contribution in [-0.2, 0) is 9.53 Å². The smallest absolute Gasteiger partial charge is 0.234 e. The SMILES string of the molecule is CN(C)CC(=O)NCCCOC1CCC(N)CC1. The van der Waals surface area contributed by atoms with Crippen molar-refractivity contribution in [3.05, 3.63) is 0 Å². The molecule has 1 saturated carbocycles. The zero-order valence-corrected chi connectivity index (χ0v) is 11.7. The quantitative estimate of drug-likeness (QED) is 0.645. The van der Waals surface area contributed by atoms with E-state index in [1.807, 2.05) is 19.0 Å². The minimum absolute atomic E-state index is 0.0728. The van der Waals surface area contributed by atoms with E-state index >= 15 is 0 Å². The lowest BCUT2D eigenvalue weighted by Gasteiger charge is -2.26. The summed E-state index contributed by atoms with van der Waals surface area (Å²) in [6.07, 6.45) is 5.56. The molecular weight excluding hydrogens is 230 g/mol. The van der Waals surface area contributed by atoms with Crippen molar-refractivity contribution in [2.75, 3.05) is 33.8 Å². The summed E-state index contributed by atoms with van der Waals surface area (Å²) in [5.74, 6) is 0.0728. The molecule has 1 amide bonds. The second-order valence-electron chi connectivity index (χ2n) is 5.35. The van der Waals surface area contributed by atoms with E-state index in [1.54, 1.807) is 0 Å². The van der Waals surface area contributed by atoms with Gasteiger partial charge >= 0.3 is 0 Å². The van der Waals surface area contributed by atoms with E-state index < -0.39 is 0 Å². The Morgan fingerprint density at radius 3 is 2.61 bits per heavy atom. The zero-order valence-electron chi connectivity index (χ0n) is 11.7. The Balaban J connectivity index is 1.94. The van der Waals surface area contributed by atoms with E-state index in [2.05, 4.69) is 5.32 Å². The van der Waals surface area contributed by atoms with Crippen LogP contribution in [0.2, 0.25) is 0 Å². The summed E-state index contributed by atoms with van der Waals surface area (Å²) in [5, 5.41) is 2.88. The van der Waals surface area contributed by atoms with E-state index in [0.717, 1.165) is 38.7 Å². The lowest BCUT2D eigenvalue weighted by molar-refractivity contribution is -0.121. The molecule has 106 valence electrons. The van der Waals surface area contributed by atoms with Gasteiger partial charge in [0, 0.05) is 19.2 Å². The van der Waals surface area contributed by atoms with Crippen LogP contribution in [0.15, 0.2) is 0 Å². The molecule has 0 aliphatic heterocycles. The van der Waals surface area contributed by atoms with E-state index in [-0.39, 0.29) is 5.91 Å². The van der Waals surface area contributed by atoms with E-state index in [1.165, 1.54) is 0 Å². The highest BCUT2D eigenvalue weighted by Gasteiger charge is 2.18. The number of amides is 1. The van der Waals surface area contributed by atoms with Gasteiger partial charge < -0.3 is 20.7 Å². The van der Waals surface area contributed by atoms with Crippen molar-refractivity contribution in [3.8, 4) is 0 Å². The van der Waals surface area contributed by atoms with E-state index in [9.17, 15) is 4.79 Å². The van der Waals surface area contributed by atoms with Crippen molar-refractivity contribution in [2.24, 2.45) is 5.73 Å².